The van der Waals surface area contributed by atoms with Gasteiger partial charge in [-0.05, 0) is 45.1 Å². The molecule has 0 spiro atoms. The third kappa shape index (κ3) is 3.19. The maximum Gasteiger partial charge on any atom is 0.223 e. The minimum absolute atomic E-state index is 0.151. The average Bonchev–Trinajstić information content (AvgIpc) is 2.77. The summed E-state index contributed by atoms with van der Waals surface area (Å²) < 4.78 is 5.49. The lowest BCUT2D eigenvalue weighted by Gasteiger charge is -2.29. The molecule has 4 atom stereocenters. The molecule has 17 heavy (non-hydrogen) atoms. The third-order valence-electron chi connectivity index (χ3n) is 4.13. The van der Waals surface area contributed by atoms with E-state index in [-0.39, 0.29) is 17.9 Å². The van der Waals surface area contributed by atoms with Crippen molar-refractivity contribution in [1.29, 1.82) is 0 Å². The van der Waals surface area contributed by atoms with Gasteiger partial charge in [0.25, 0.3) is 0 Å². The van der Waals surface area contributed by atoms with Crippen LogP contribution in [0, 0.1) is 11.8 Å². The molecule has 98 valence electrons. The summed E-state index contributed by atoms with van der Waals surface area (Å²) in [6, 6.07) is 0.297. The van der Waals surface area contributed by atoms with Gasteiger partial charge in [-0.3, -0.25) is 4.79 Å². The zero-order valence-corrected chi connectivity index (χ0v) is 10.7. The van der Waals surface area contributed by atoms with Crippen molar-refractivity contribution in [2.45, 2.75) is 51.2 Å². The number of amides is 1. The highest BCUT2D eigenvalue weighted by Gasteiger charge is 2.33. The van der Waals surface area contributed by atoms with E-state index in [0.29, 0.717) is 18.5 Å². The number of hydrogen-bond acceptors (Lipinski definition) is 3. The molecule has 4 nitrogen and oxygen atoms in total. The number of rotatable bonds is 3. The molecule has 1 aliphatic carbocycles. The summed E-state index contributed by atoms with van der Waals surface area (Å²) in [5.74, 6) is 0.766. The summed E-state index contributed by atoms with van der Waals surface area (Å²) in [4.78, 5) is 12.2. The first-order valence-electron chi connectivity index (χ1n) is 6.82. The summed E-state index contributed by atoms with van der Waals surface area (Å²) in [7, 11) is 0. The van der Waals surface area contributed by atoms with E-state index < -0.39 is 0 Å². The van der Waals surface area contributed by atoms with Gasteiger partial charge in [0.1, 0.15) is 0 Å². The van der Waals surface area contributed by atoms with Crippen molar-refractivity contribution >= 4 is 5.91 Å². The molecule has 0 aromatic rings. The van der Waals surface area contributed by atoms with Gasteiger partial charge >= 0.3 is 0 Å². The molecule has 1 saturated heterocycles. The van der Waals surface area contributed by atoms with Crippen molar-refractivity contribution in [3.8, 4) is 0 Å². The van der Waals surface area contributed by atoms with E-state index in [0.717, 1.165) is 38.7 Å². The number of nitrogens with two attached hydrogens (primary N) is 1. The van der Waals surface area contributed by atoms with E-state index in [1.165, 1.54) is 0 Å². The van der Waals surface area contributed by atoms with Crippen LogP contribution in [-0.4, -0.2) is 31.2 Å². The quantitative estimate of drug-likeness (QED) is 0.775. The molecule has 4 unspecified atom stereocenters. The van der Waals surface area contributed by atoms with E-state index in [9.17, 15) is 4.79 Å². The molecule has 1 heterocycles. The summed E-state index contributed by atoms with van der Waals surface area (Å²) >= 11 is 0. The molecule has 3 N–H and O–H groups in total. The van der Waals surface area contributed by atoms with Gasteiger partial charge in [0.2, 0.25) is 5.91 Å². The Morgan fingerprint density at radius 2 is 2.24 bits per heavy atom. The predicted octanol–water partition coefficient (Wildman–Crippen LogP) is 1.05. The number of ether oxygens (including phenoxy) is 1. The standard InChI is InChI=1S/C13H24N2O2/c1-9-7-11(5-6-17-9)15-13(16)12-4-2-3-10(12)8-14/h9-12H,2-8,14H2,1H3,(H,15,16). The fourth-order valence-corrected chi connectivity index (χ4v) is 3.10. The van der Waals surface area contributed by atoms with Crippen LogP contribution in [0.4, 0.5) is 0 Å². The topological polar surface area (TPSA) is 64.4 Å². The smallest absolute Gasteiger partial charge is 0.223 e. The second-order valence-corrected chi connectivity index (χ2v) is 5.44. The first-order valence-corrected chi connectivity index (χ1v) is 6.82. The SMILES string of the molecule is CC1CC(NC(=O)C2CCCC2CN)CCO1. The van der Waals surface area contributed by atoms with E-state index >= 15 is 0 Å². The maximum atomic E-state index is 12.2. The Kier molecular flexibility index (Phi) is 4.40. The first kappa shape index (κ1) is 12.8. The van der Waals surface area contributed by atoms with Crippen LogP contribution in [-0.2, 0) is 9.53 Å². The highest BCUT2D eigenvalue weighted by Crippen LogP contribution is 2.31. The van der Waals surface area contributed by atoms with E-state index in [1.54, 1.807) is 0 Å². The molecule has 0 aromatic heterocycles. The van der Waals surface area contributed by atoms with Crippen LogP contribution in [0.2, 0.25) is 0 Å². The van der Waals surface area contributed by atoms with Crippen molar-refractivity contribution in [3.05, 3.63) is 0 Å². The Morgan fingerprint density at radius 3 is 2.94 bits per heavy atom. The fraction of sp³-hybridized carbons (Fsp3) is 0.923. The summed E-state index contributed by atoms with van der Waals surface area (Å²) in [6.07, 6.45) is 5.40. The molecule has 1 saturated carbocycles. The van der Waals surface area contributed by atoms with Gasteiger partial charge in [-0.2, -0.15) is 0 Å². The Labute approximate surface area is 103 Å². The van der Waals surface area contributed by atoms with Crippen LogP contribution in [0.3, 0.4) is 0 Å². The van der Waals surface area contributed by atoms with Crippen molar-refractivity contribution in [2.24, 2.45) is 17.6 Å². The summed E-state index contributed by atoms with van der Waals surface area (Å²) in [5.41, 5.74) is 5.72. The zero-order valence-electron chi connectivity index (χ0n) is 10.7. The highest BCUT2D eigenvalue weighted by molar-refractivity contribution is 5.79. The normalized spacial score (nSPS) is 38.0. The van der Waals surface area contributed by atoms with Crippen molar-refractivity contribution in [1.82, 2.24) is 5.32 Å². The largest absolute Gasteiger partial charge is 0.378 e. The Balaban J connectivity index is 1.83. The third-order valence-corrected chi connectivity index (χ3v) is 4.13. The zero-order chi connectivity index (χ0) is 12.3. The monoisotopic (exact) mass is 240 g/mol. The van der Waals surface area contributed by atoms with Gasteiger partial charge in [0.05, 0.1) is 6.10 Å². The van der Waals surface area contributed by atoms with Crippen molar-refractivity contribution in [3.63, 3.8) is 0 Å². The predicted molar refractivity (Wildman–Crippen MR) is 66.5 cm³/mol. The fourth-order valence-electron chi connectivity index (χ4n) is 3.10. The summed E-state index contributed by atoms with van der Waals surface area (Å²) in [5, 5.41) is 3.18. The van der Waals surface area contributed by atoms with Gasteiger partial charge in [-0.25, -0.2) is 0 Å². The van der Waals surface area contributed by atoms with Crippen molar-refractivity contribution < 1.29 is 9.53 Å². The van der Waals surface area contributed by atoms with Gasteiger partial charge in [0, 0.05) is 18.6 Å². The first-order chi connectivity index (χ1) is 8.20. The Morgan fingerprint density at radius 1 is 1.41 bits per heavy atom. The van der Waals surface area contributed by atoms with Crippen LogP contribution < -0.4 is 11.1 Å². The molecule has 0 aromatic carbocycles. The molecule has 1 aliphatic heterocycles. The molecule has 0 radical (unpaired) electrons. The minimum Gasteiger partial charge on any atom is -0.378 e. The summed E-state index contributed by atoms with van der Waals surface area (Å²) in [6.45, 7) is 3.47. The average molecular weight is 240 g/mol. The van der Waals surface area contributed by atoms with Gasteiger partial charge < -0.3 is 15.8 Å². The molecule has 4 heteroatoms. The lowest BCUT2D eigenvalue weighted by Crippen LogP contribution is -2.45. The Bertz CT molecular complexity index is 270. The van der Waals surface area contributed by atoms with Crippen LogP contribution in [0.1, 0.15) is 39.0 Å². The minimum atomic E-state index is 0.151. The van der Waals surface area contributed by atoms with Crippen LogP contribution in [0.15, 0.2) is 0 Å². The van der Waals surface area contributed by atoms with E-state index in [2.05, 4.69) is 12.2 Å². The molecular weight excluding hydrogens is 216 g/mol. The lowest BCUT2D eigenvalue weighted by atomic mass is 9.94. The second-order valence-electron chi connectivity index (χ2n) is 5.44. The molecule has 2 rings (SSSR count). The number of carbonyl (C=O) groups is 1. The second kappa shape index (κ2) is 5.83. The van der Waals surface area contributed by atoms with Gasteiger partial charge in [-0.15, -0.1) is 0 Å². The van der Waals surface area contributed by atoms with Crippen LogP contribution in [0.5, 0.6) is 0 Å². The van der Waals surface area contributed by atoms with E-state index in [4.69, 9.17) is 10.5 Å². The van der Waals surface area contributed by atoms with Crippen molar-refractivity contribution in [2.75, 3.05) is 13.2 Å². The van der Waals surface area contributed by atoms with Gasteiger partial charge in [0.15, 0.2) is 0 Å². The molecule has 2 aliphatic rings. The molecule has 0 bridgehead atoms. The molecular formula is C13H24N2O2. The number of carbonyl (C=O) groups excluding carboxylic acids is 1. The Hall–Kier alpha value is -0.610. The number of hydrogen-bond donors (Lipinski definition) is 2. The van der Waals surface area contributed by atoms with E-state index in [1.807, 2.05) is 0 Å². The van der Waals surface area contributed by atoms with Gasteiger partial charge in [-0.1, -0.05) is 6.42 Å². The highest BCUT2D eigenvalue weighted by atomic mass is 16.5. The van der Waals surface area contributed by atoms with Crippen LogP contribution >= 0.6 is 0 Å². The molecule has 2 fully saturated rings. The lowest BCUT2D eigenvalue weighted by molar-refractivity contribution is -0.127. The maximum absolute atomic E-state index is 12.2. The number of nitrogens with one attached hydrogen (secondary N) is 1. The molecule has 1 amide bonds. The van der Waals surface area contributed by atoms with Crippen LogP contribution in [0.25, 0.3) is 0 Å².